The standard InChI is InChI=1S/C11H15NOS/c1-2-3-6-9-7-4-5-8-10(9)12-11(13)14/h4-5,7-8H,2-3,6H2,1H3,(H2,12,13,14). The van der Waals surface area contributed by atoms with Gasteiger partial charge in [-0.1, -0.05) is 44.2 Å². The predicted octanol–water partition coefficient (Wildman–Crippen LogP) is 3.49. The van der Waals surface area contributed by atoms with E-state index in [2.05, 4.69) is 24.9 Å². The Morgan fingerprint density at radius 3 is 2.79 bits per heavy atom. The molecule has 0 aromatic heterocycles. The molecule has 1 aromatic rings. The van der Waals surface area contributed by atoms with Gasteiger partial charge in [-0.15, -0.1) is 0 Å². The fourth-order valence-corrected chi connectivity index (χ4v) is 1.46. The van der Waals surface area contributed by atoms with E-state index in [1.165, 1.54) is 5.56 Å². The third-order valence-electron chi connectivity index (χ3n) is 2.06. The van der Waals surface area contributed by atoms with Gasteiger partial charge < -0.3 is 5.32 Å². The van der Waals surface area contributed by atoms with Gasteiger partial charge in [0.1, 0.15) is 0 Å². The molecule has 3 heteroatoms. The van der Waals surface area contributed by atoms with Crippen LogP contribution in [0.25, 0.3) is 0 Å². The lowest BCUT2D eigenvalue weighted by Gasteiger charge is -2.08. The van der Waals surface area contributed by atoms with E-state index in [9.17, 15) is 4.79 Å². The molecule has 1 N–H and O–H groups in total. The highest BCUT2D eigenvalue weighted by Gasteiger charge is 2.02. The van der Waals surface area contributed by atoms with Crippen molar-refractivity contribution in [2.24, 2.45) is 0 Å². The zero-order chi connectivity index (χ0) is 10.4. The molecule has 1 amide bonds. The Labute approximate surface area is 90.1 Å². The Morgan fingerprint density at radius 1 is 1.43 bits per heavy atom. The number of carbonyl (C=O) groups is 1. The summed E-state index contributed by atoms with van der Waals surface area (Å²) in [6, 6.07) is 7.83. The Morgan fingerprint density at radius 2 is 2.14 bits per heavy atom. The minimum Gasteiger partial charge on any atom is -0.317 e. The van der Waals surface area contributed by atoms with Gasteiger partial charge in [-0.25, -0.2) is 0 Å². The first-order valence-electron chi connectivity index (χ1n) is 4.82. The summed E-state index contributed by atoms with van der Waals surface area (Å²) in [6.07, 6.45) is 3.29. The normalized spacial score (nSPS) is 9.86. The average molecular weight is 209 g/mol. The maximum atomic E-state index is 10.8. The highest BCUT2D eigenvalue weighted by molar-refractivity contribution is 7.96. The van der Waals surface area contributed by atoms with E-state index < -0.39 is 0 Å². The predicted molar refractivity (Wildman–Crippen MR) is 63.1 cm³/mol. The molecular formula is C11H15NOS. The molecule has 1 aromatic carbocycles. The monoisotopic (exact) mass is 209 g/mol. The molecule has 0 atom stereocenters. The lowest BCUT2D eigenvalue weighted by Crippen LogP contribution is -2.04. The maximum Gasteiger partial charge on any atom is 0.280 e. The van der Waals surface area contributed by atoms with Crippen LogP contribution in [0.15, 0.2) is 24.3 Å². The first-order chi connectivity index (χ1) is 6.74. The summed E-state index contributed by atoms with van der Waals surface area (Å²) in [5.74, 6) is 0. The molecule has 0 aliphatic heterocycles. The Balaban J connectivity index is 2.74. The van der Waals surface area contributed by atoms with E-state index in [0.29, 0.717) is 0 Å². The van der Waals surface area contributed by atoms with Crippen LogP contribution < -0.4 is 5.32 Å². The summed E-state index contributed by atoms with van der Waals surface area (Å²) in [6.45, 7) is 2.15. The van der Waals surface area contributed by atoms with Crippen molar-refractivity contribution in [2.75, 3.05) is 5.32 Å². The van der Waals surface area contributed by atoms with Crippen molar-refractivity contribution in [1.29, 1.82) is 0 Å². The molecule has 0 bridgehead atoms. The molecule has 0 unspecified atom stereocenters. The Bertz CT molecular complexity index is 312. The summed E-state index contributed by atoms with van der Waals surface area (Å²) in [7, 11) is 0. The van der Waals surface area contributed by atoms with Crippen LogP contribution in [0.2, 0.25) is 0 Å². The maximum absolute atomic E-state index is 10.8. The van der Waals surface area contributed by atoms with Gasteiger partial charge in [0.25, 0.3) is 5.24 Å². The molecule has 76 valence electrons. The lowest BCUT2D eigenvalue weighted by molar-refractivity contribution is 0.270. The van der Waals surface area contributed by atoms with E-state index in [1.807, 2.05) is 24.3 Å². The van der Waals surface area contributed by atoms with E-state index in [0.717, 1.165) is 24.9 Å². The van der Waals surface area contributed by atoms with Gasteiger partial charge in [-0.05, 0) is 24.5 Å². The summed E-state index contributed by atoms with van der Waals surface area (Å²) < 4.78 is 0. The highest BCUT2D eigenvalue weighted by atomic mass is 32.1. The SMILES string of the molecule is CCCCc1ccccc1NC(=O)S. The largest absolute Gasteiger partial charge is 0.317 e. The van der Waals surface area contributed by atoms with Gasteiger partial charge in [0.05, 0.1) is 0 Å². The van der Waals surface area contributed by atoms with Crippen molar-refractivity contribution in [3.8, 4) is 0 Å². The molecule has 0 spiro atoms. The summed E-state index contributed by atoms with van der Waals surface area (Å²) >= 11 is 3.70. The number of para-hydroxylation sites is 1. The number of carbonyl (C=O) groups excluding carboxylic acids is 1. The summed E-state index contributed by atoms with van der Waals surface area (Å²) in [5, 5.41) is 2.40. The van der Waals surface area contributed by atoms with Crippen LogP contribution >= 0.6 is 12.6 Å². The number of benzene rings is 1. The van der Waals surface area contributed by atoms with Crippen LogP contribution in [0.3, 0.4) is 0 Å². The Kier molecular flexibility index (Phi) is 4.53. The van der Waals surface area contributed by atoms with Crippen molar-refractivity contribution in [3.05, 3.63) is 29.8 Å². The van der Waals surface area contributed by atoms with Crippen molar-refractivity contribution in [2.45, 2.75) is 26.2 Å². The van der Waals surface area contributed by atoms with Crippen LogP contribution in [-0.4, -0.2) is 5.24 Å². The first kappa shape index (κ1) is 11.1. The molecule has 0 fully saturated rings. The second-order valence-electron chi connectivity index (χ2n) is 3.19. The van der Waals surface area contributed by atoms with Gasteiger partial charge in [0.15, 0.2) is 0 Å². The van der Waals surface area contributed by atoms with Crippen LogP contribution in [0.1, 0.15) is 25.3 Å². The minimum absolute atomic E-state index is 0.311. The highest BCUT2D eigenvalue weighted by Crippen LogP contribution is 2.17. The molecular weight excluding hydrogens is 194 g/mol. The second-order valence-corrected chi connectivity index (χ2v) is 3.60. The van der Waals surface area contributed by atoms with Gasteiger partial charge in [0, 0.05) is 5.69 Å². The second kappa shape index (κ2) is 5.70. The van der Waals surface area contributed by atoms with E-state index in [4.69, 9.17) is 0 Å². The van der Waals surface area contributed by atoms with Gasteiger partial charge in [-0.2, -0.15) is 0 Å². The molecule has 0 saturated heterocycles. The van der Waals surface area contributed by atoms with Gasteiger partial charge in [0.2, 0.25) is 0 Å². The number of amides is 1. The number of anilines is 1. The van der Waals surface area contributed by atoms with Crippen LogP contribution in [-0.2, 0) is 6.42 Å². The van der Waals surface area contributed by atoms with Gasteiger partial charge >= 0.3 is 0 Å². The molecule has 1 rings (SSSR count). The molecule has 0 radical (unpaired) electrons. The number of thiol groups is 1. The van der Waals surface area contributed by atoms with Gasteiger partial charge in [-0.3, -0.25) is 4.79 Å². The number of aryl methyl sites for hydroxylation is 1. The fourth-order valence-electron chi connectivity index (χ4n) is 1.34. The third kappa shape index (κ3) is 3.42. The Hall–Kier alpha value is -0.960. The van der Waals surface area contributed by atoms with E-state index in [1.54, 1.807) is 0 Å². The zero-order valence-electron chi connectivity index (χ0n) is 8.29. The summed E-state index contributed by atoms with van der Waals surface area (Å²) in [5.41, 5.74) is 2.05. The minimum atomic E-state index is -0.311. The number of hydrogen-bond donors (Lipinski definition) is 2. The number of hydrogen-bond acceptors (Lipinski definition) is 1. The van der Waals surface area contributed by atoms with E-state index >= 15 is 0 Å². The molecule has 14 heavy (non-hydrogen) atoms. The van der Waals surface area contributed by atoms with Crippen LogP contribution in [0.5, 0.6) is 0 Å². The fraction of sp³-hybridized carbons (Fsp3) is 0.364. The third-order valence-corrected chi connectivity index (χ3v) is 2.17. The average Bonchev–Trinajstić information content (AvgIpc) is 2.16. The van der Waals surface area contributed by atoms with Crippen molar-refractivity contribution >= 4 is 23.6 Å². The molecule has 0 aliphatic rings. The van der Waals surface area contributed by atoms with Crippen LogP contribution in [0.4, 0.5) is 10.5 Å². The molecule has 0 aliphatic carbocycles. The number of rotatable bonds is 4. The topological polar surface area (TPSA) is 29.1 Å². The quantitative estimate of drug-likeness (QED) is 0.730. The lowest BCUT2D eigenvalue weighted by atomic mass is 10.1. The number of unbranched alkanes of at least 4 members (excludes halogenated alkanes) is 1. The van der Waals surface area contributed by atoms with Crippen molar-refractivity contribution in [1.82, 2.24) is 0 Å². The first-order valence-corrected chi connectivity index (χ1v) is 5.26. The van der Waals surface area contributed by atoms with Crippen molar-refractivity contribution < 1.29 is 4.79 Å². The van der Waals surface area contributed by atoms with Crippen LogP contribution in [0, 0.1) is 0 Å². The van der Waals surface area contributed by atoms with Crippen molar-refractivity contribution in [3.63, 3.8) is 0 Å². The number of nitrogens with one attached hydrogen (secondary N) is 1. The smallest absolute Gasteiger partial charge is 0.280 e. The van der Waals surface area contributed by atoms with E-state index in [-0.39, 0.29) is 5.24 Å². The molecule has 0 heterocycles. The molecule has 0 saturated carbocycles. The molecule has 2 nitrogen and oxygen atoms in total. The zero-order valence-corrected chi connectivity index (χ0v) is 9.18. The summed E-state index contributed by atoms with van der Waals surface area (Å²) in [4.78, 5) is 10.8.